The molecule has 0 radical (unpaired) electrons. The summed E-state index contributed by atoms with van der Waals surface area (Å²) < 4.78 is 0. The van der Waals surface area contributed by atoms with Gasteiger partial charge >= 0.3 is 0 Å². The van der Waals surface area contributed by atoms with Crippen LogP contribution in [0.25, 0.3) is 22.2 Å². The van der Waals surface area contributed by atoms with Gasteiger partial charge in [0, 0.05) is 45.8 Å². The minimum atomic E-state index is -0.0451. The molecule has 0 spiro atoms. The van der Waals surface area contributed by atoms with Gasteiger partial charge in [0.1, 0.15) is 0 Å². The number of H-pyrrole nitrogens is 1. The summed E-state index contributed by atoms with van der Waals surface area (Å²) in [5, 5.41) is 4.78. The normalized spacial score (nSPS) is 17.1. The number of halogens is 1. The molecular formula is C23H24ClN3O. The maximum absolute atomic E-state index is 12.4. The Morgan fingerprint density at radius 1 is 1.11 bits per heavy atom. The summed E-state index contributed by atoms with van der Waals surface area (Å²) >= 11 is 6.45. The molecule has 0 unspecified atom stereocenters. The number of amides is 1. The molecule has 4 nitrogen and oxygen atoms in total. The number of hydrogen-bond donors (Lipinski definition) is 2. The smallest absolute Gasteiger partial charge is 0.252 e. The van der Waals surface area contributed by atoms with Crippen LogP contribution in [-0.2, 0) is 13.1 Å². The Labute approximate surface area is 169 Å². The van der Waals surface area contributed by atoms with E-state index in [2.05, 4.69) is 39.5 Å². The van der Waals surface area contributed by atoms with Gasteiger partial charge in [-0.2, -0.15) is 0 Å². The van der Waals surface area contributed by atoms with E-state index in [1.54, 1.807) is 0 Å². The Balaban J connectivity index is 1.53. The van der Waals surface area contributed by atoms with Crippen molar-refractivity contribution in [2.24, 2.45) is 0 Å². The number of aromatic amines is 1. The number of aryl methyl sites for hydroxylation is 1. The van der Waals surface area contributed by atoms with Gasteiger partial charge in [-0.15, -0.1) is 0 Å². The van der Waals surface area contributed by atoms with E-state index in [4.69, 9.17) is 11.6 Å². The highest BCUT2D eigenvalue weighted by Gasteiger charge is 2.27. The van der Waals surface area contributed by atoms with Gasteiger partial charge in [0.2, 0.25) is 0 Å². The Morgan fingerprint density at radius 2 is 1.93 bits per heavy atom. The number of carbonyl (C=O) groups is 1. The second-order valence-electron chi connectivity index (χ2n) is 8.03. The van der Waals surface area contributed by atoms with Crippen molar-refractivity contribution in [2.75, 3.05) is 13.1 Å². The third-order valence-electron chi connectivity index (χ3n) is 6.03. The highest BCUT2D eigenvalue weighted by Crippen LogP contribution is 2.37. The van der Waals surface area contributed by atoms with Gasteiger partial charge in [-0.05, 0) is 68.2 Å². The second-order valence-corrected chi connectivity index (χ2v) is 8.41. The molecule has 1 saturated heterocycles. The molecule has 0 aliphatic carbocycles. The number of benzene rings is 2. The molecule has 0 saturated carbocycles. The fraction of sp³-hybridized carbons (Fsp3) is 0.348. The lowest BCUT2D eigenvalue weighted by atomic mass is 9.97. The Morgan fingerprint density at radius 3 is 2.75 bits per heavy atom. The third kappa shape index (κ3) is 3.01. The summed E-state index contributed by atoms with van der Waals surface area (Å²) in [5.74, 6) is -0.0451. The zero-order valence-corrected chi connectivity index (χ0v) is 16.8. The van der Waals surface area contributed by atoms with E-state index >= 15 is 0 Å². The van der Waals surface area contributed by atoms with Crippen LogP contribution in [0, 0.1) is 6.92 Å². The fourth-order valence-corrected chi connectivity index (χ4v) is 4.77. The summed E-state index contributed by atoms with van der Waals surface area (Å²) in [6, 6.07) is 10.8. The molecule has 5 heteroatoms. The lowest BCUT2D eigenvalue weighted by Gasteiger charge is -2.26. The molecule has 1 amide bonds. The standard InChI is InChI=1S/C23H24ClN3O/c1-14-9-17(21-18(22(14)24)12-25-23(21)28)20-11-16-10-15(5-6-19(16)26-20)13-27-7-3-2-4-8-27/h5-6,9-11,26H,2-4,7-8,12-13H2,1H3,(H,25,28). The van der Waals surface area contributed by atoms with Crippen LogP contribution in [0.5, 0.6) is 0 Å². The molecule has 0 bridgehead atoms. The van der Waals surface area contributed by atoms with Gasteiger partial charge in [0.25, 0.3) is 5.91 Å². The van der Waals surface area contributed by atoms with Crippen molar-refractivity contribution in [3.63, 3.8) is 0 Å². The van der Waals surface area contributed by atoms with Crippen molar-refractivity contribution in [3.8, 4) is 11.3 Å². The summed E-state index contributed by atoms with van der Waals surface area (Å²) in [7, 11) is 0. The molecule has 2 aromatic carbocycles. The number of nitrogens with zero attached hydrogens (tertiary/aromatic N) is 1. The van der Waals surface area contributed by atoms with Gasteiger partial charge in [-0.1, -0.05) is 24.1 Å². The average Bonchev–Trinajstić information content (AvgIpc) is 3.29. The lowest BCUT2D eigenvalue weighted by Crippen LogP contribution is -2.28. The van der Waals surface area contributed by atoms with Gasteiger partial charge in [-0.25, -0.2) is 0 Å². The first kappa shape index (κ1) is 17.8. The van der Waals surface area contributed by atoms with E-state index in [1.807, 2.05) is 13.0 Å². The molecule has 5 rings (SSSR count). The van der Waals surface area contributed by atoms with Gasteiger partial charge in [0.05, 0.1) is 5.56 Å². The third-order valence-corrected chi connectivity index (χ3v) is 6.55. The Kier molecular flexibility index (Phi) is 4.41. The first-order valence-electron chi connectivity index (χ1n) is 10.0. The predicted molar refractivity (Wildman–Crippen MR) is 114 cm³/mol. The molecule has 1 aromatic heterocycles. The van der Waals surface area contributed by atoms with Crippen molar-refractivity contribution < 1.29 is 4.79 Å². The number of aromatic nitrogens is 1. The van der Waals surface area contributed by atoms with E-state index < -0.39 is 0 Å². The molecule has 2 aliphatic heterocycles. The number of nitrogens with one attached hydrogen (secondary N) is 2. The topological polar surface area (TPSA) is 48.1 Å². The Hall–Kier alpha value is -2.30. The largest absolute Gasteiger partial charge is 0.355 e. The number of fused-ring (bicyclic) bond motifs is 2. The van der Waals surface area contributed by atoms with Crippen LogP contribution < -0.4 is 5.32 Å². The van der Waals surface area contributed by atoms with Crippen LogP contribution in [0.4, 0.5) is 0 Å². The number of likely N-dealkylation sites (tertiary alicyclic amines) is 1. The zero-order chi connectivity index (χ0) is 19.3. The van der Waals surface area contributed by atoms with Crippen LogP contribution in [-0.4, -0.2) is 28.9 Å². The van der Waals surface area contributed by atoms with Gasteiger partial charge in [0.15, 0.2) is 0 Å². The number of piperidine rings is 1. The molecule has 3 heterocycles. The summed E-state index contributed by atoms with van der Waals surface area (Å²) in [6.07, 6.45) is 3.97. The zero-order valence-electron chi connectivity index (χ0n) is 16.1. The second kappa shape index (κ2) is 6.94. The van der Waals surface area contributed by atoms with E-state index in [0.29, 0.717) is 17.1 Å². The summed E-state index contributed by atoms with van der Waals surface area (Å²) in [5.41, 5.74) is 6.95. The van der Waals surface area contributed by atoms with Crippen LogP contribution in [0.2, 0.25) is 5.02 Å². The first-order chi connectivity index (χ1) is 13.6. The van der Waals surface area contributed by atoms with Crippen molar-refractivity contribution >= 4 is 28.4 Å². The van der Waals surface area contributed by atoms with Crippen LogP contribution in [0.3, 0.4) is 0 Å². The average molecular weight is 394 g/mol. The molecule has 0 atom stereocenters. The van der Waals surface area contributed by atoms with Gasteiger partial charge < -0.3 is 10.3 Å². The van der Waals surface area contributed by atoms with Crippen LogP contribution in [0.15, 0.2) is 30.3 Å². The highest BCUT2D eigenvalue weighted by atomic mass is 35.5. The molecule has 28 heavy (non-hydrogen) atoms. The minimum Gasteiger partial charge on any atom is -0.355 e. The minimum absolute atomic E-state index is 0.0451. The van der Waals surface area contributed by atoms with Crippen molar-refractivity contribution in [2.45, 2.75) is 39.3 Å². The molecule has 2 N–H and O–H groups in total. The molecular weight excluding hydrogens is 370 g/mol. The molecule has 1 fully saturated rings. The number of carbonyl (C=O) groups excluding carboxylic acids is 1. The molecule has 144 valence electrons. The van der Waals surface area contributed by atoms with Crippen molar-refractivity contribution in [1.29, 1.82) is 0 Å². The van der Waals surface area contributed by atoms with Crippen LogP contribution >= 0.6 is 11.6 Å². The maximum Gasteiger partial charge on any atom is 0.252 e. The maximum atomic E-state index is 12.4. The van der Waals surface area contributed by atoms with Gasteiger partial charge in [-0.3, -0.25) is 9.69 Å². The van der Waals surface area contributed by atoms with Crippen molar-refractivity contribution in [3.05, 3.63) is 57.6 Å². The Bertz CT molecular complexity index is 1080. The monoisotopic (exact) mass is 393 g/mol. The highest BCUT2D eigenvalue weighted by molar-refractivity contribution is 6.33. The summed E-state index contributed by atoms with van der Waals surface area (Å²) in [6.45, 7) is 5.90. The van der Waals surface area contributed by atoms with E-state index in [0.717, 1.165) is 34.4 Å². The van der Waals surface area contributed by atoms with E-state index in [1.165, 1.54) is 43.3 Å². The number of hydrogen-bond acceptors (Lipinski definition) is 2. The fourth-order valence-electron chi connectivity index (χ4n) is 4.56. The first-order valence-corrected chi connectivity index (χ1v) is 10.4. The van der Waals surface area contributed by atoms with E-state index in [9.17, 15) is 4.79 Å². The molecule has 2 aliphatic rings. The van der Waals surface area contributed by atoms with Crippen molar-refractivity contribution in [1.82, 2.24) is 15.2 Å². The molecule has 3 aromatic rings. The quantitative estimate of drug-likeness (QED) is 0.655. The van der Waals surface area contributed by atoms with E-state index in [-0.39, 0.29) is 5.91 Å². The predicted octanol–water partition coefficient (Wildman–Crippen LogP) is 5.03. The van der Waals surface area contributed by atoms with Crippen LogP contribution in [0.1, 0.15) is 46.3 Å². The number of rotatable bonds is 3. The lowest BCUT2D eigenvalue weighted by molar-refractivity contribution is 0.0966. The summed E-state index contributed by atoms with van der Waals surface area (Å²) in [4.78, 5) is 18.5. The SMILES string of the molecule is Cc1cc(-c2cc3cc(CN4CCCCC4)ccc3[nH]2)c2c(c1Cl)CNC2=O.